The van der Waals surface area contributed by atoms with Gasteiger partial charge in [0.1, 0.15) is 0 Å². The van der Waals surface area contributed by atoms with Gasteiger partial charge < -0.3 is 0 Å². The molecule has 0 atom stereocenters. The van der Waals surface area contributed by atoms with Gasteiger partial charge in [-0.3, -0.25) is 29.9 Å². The molecule has 0 bridgehead atoms. The molecule has 6 heteroatoms. The third-order valence-electron chi connectivity index (χ3n) is 10.7. The predicted octanol–water partition coefficient (Wildman–Crippen LogP) is 13.1. The highest BCUT2D eigenvalue weighted by atomic mass is 14.6. The fourth-order valence-corrected chi connectivity index (χ4v) is 7.63. The first-order valence-corrected chi connectivity index (χ1v) is 19.7. The van der Waals surface area contributed by atoms with Gasteiger partial charge in [-0.2, -0.15) is 0 Å². The number of rotatable bonds is 9. The Morgan fingerprint density at radius 2 is 0.367 bits per heavy atom. The topological polar surface area (TPSA) is 77.3 Å². The maximum absolute atomic E-state index is 4.77. The third-order valence-corrected chi connectivity index (χ3v) is 10.7. The molecule has 0 amide bonds. The van der Waals surface area contributed by atoms with Crippen LogP contribution >= 0.6 is 0 Å². The van der Waals surface area contributed by atoms with Gasteiger partial charge in [-0.05, 0) is 123 Å². The summed E-state index contributed by atoms with van der Waals surface area (Å²) in [5.74, 6) is 0. The van der Waals surface area contributed by atoms with Crippen molar-refractivity contribution in [2.24, 2.45) is 0 Å². The first-order valence-electron chi connectivity index (χ1n) is 19.7. The number of hydrogen-bond donors (Lipinski definition) is 0. The fourth-order valence-electron chi connectivity index (χ4n) is 7.63. The van der Waals surface area contributed by atoms with Gasteiger partial charge in [0.25, 0.3) is 0 Å². The van der Waals surface area contributed by atoms with E-state index in [2.05, 4.69) is 142 Å². The van der Waals surface area contributed by atoms with E-state index in [4.69, 9.17) is 15.0 Å². The first-order chi connectivity index (χ1) is 29.7. The van der Waals surface area contributed by atoms with Crippen molar-refractivity contribution in [3.63, 3.8) is 0 Å². The number of pyridine rings is 6. The van der Waals surface area contributed by atoms with E-state index in [1.807, 2.05) is 74.0 Å². The Labute approximate surface area is 348 Å². The molecule has 0 fully saturated rings. The molecule has 0 N–H and O–H groups in total. The van der Waals surface area contributed by atoms with Gasteiger partial charge >= 0.3 is 0 Å². The minimum atomic E-state index is 1.00. The average Bonchev–Trinajstić information content (AvgIpc) is 3.35. The van der Waals surface area contributed by atoms with Crippen LogP contribution in [0.3, 0.4) is 0 Å². The quantitative estimate of drug-likeness (QED) is 0.145. The molecular weight excluding hydrogens is 733 g/mol. The van der Waals surface area contributed by atoms with E-state index < -0.39 is 0 Å². The number of nitrogens with zero attached hydrogens (tertiary/aromatic N) is 6. The van der Waals surface area contributed by atoms with E-state index in [-0.39, 0.29) is 0 Å². The van der Waals surface area contributed by atoms with E-state index in [0.717, 1.165) is 100 Å². The summed E-state index contributed by atoms with van der Waals surface area (Å²) >= 11 is 0. The third kappa shape index (κ3) is 7.73. The van der Waals surface area contributed by atoms with Crippen LogP contribution in [-0.2, 0) is 0 Å². The van der Waals surface area contributed by atoms with E-state index in [0.29, 0.717) is 0 Å². The van der Waals surface area contributed by atoms with Crippen LogP contribution in [0.1, 0.15) is 0 Å². The lowest BCUT2D eigenvalue weighted by atomic mass is 9.92. The summed E-state index contributed by atoms with van der Waals surface area (Å²) in [5.41, 5.74) is 19.0. The molecule has 60 heavy (non-hydrogen) atoms. The molecule has 0 spiro atoms. The van der Waals surface area contributed by atoms with Gasteiger partial charge in [-0.1, -0.05) is 72.8 Å². The molecule has 282 valence electrons. The highest BCUT2D eigenvalue weighted by Gasteiger charge is 2.13. The second-order valence-electron chi connectivity index (χ2n) is 14.7. The Balaban J connectivity index is 1.07. The zero-order valence-corrected chi connectivity index (χ0v) is 32.5. The fraction of sp³-hybridized carbons (Fsp3) is 0. The van der Waals surface area contributed by atoms with Gasteiger partial charge in [0.2, 0.25) is 0 Å². The van der Waals surface area contributed by atoms with Crippen molar-refractivity contribution < 1.29 is 0 Å². The van der Waals surface area contributed by atoms with Gasteiger partial charge in [-0.15, -0.1) is 0 Å². The van der Waals surface area contributed by atoms with E-state index >= 15 is 0 Å². The number of aromatic nitrogens is 6. The predicted molar refractivity (Wildman–Crippen MR) is 242 cm³/mol. The summed E-state index contributed by atoms with van der Waals surface area (Å²) in [6.07, 6.45) is 22.7. The molecule has 0 unspecified atom stereocenters. The van der Waals surface area contributed by atoms with Crippen LogP contribution < -0.4 is 0 Å². The van der Waals surface area contributed by atoms with Gasteiger partial charge in [-0.25, -0.2) is 0 Å². The molecule has 0 aliphatic carbocycles. The van der Waals surface area contributed by atoms with E-state index in [1.54, 1.807) is 18.6 Å². The van der Waals surface area contributed by atoms with Crippen molar-refractivity contribution in [1.82, 2.24) is 29.9 Å². The highest BCUT2D eigenvalue weighted by Crippen LogP contribution is 2.37. The molecule has 0 saturated carbocycles. The maximum atomic E-state index is 4.77. The highest BCUT2D eigenvalue weighted by molar-refractivity contribution is 5.85. The zero-order chi connectivity index (χ0) is 40.1. The van der Waals surface area contributed by atoms with Crippen molar-refractivity contribution in [1.29, 1.82) is 0 Å². The van der Waals surface area contributed by atoms with Gasteiger partial charge in [0.15, 0.2) is 0 Å². The summed E-state index contributed by atoms with van der Waals surface area (Å²) in [5, 5.41) is 0. The molecule has 0 radical (unpaired) electrons. The second kappa shape index (κ2) is 16.3. The van der Waals surface area contributed by atoms with Crippen molar-refractivity contribution in [2.45, 2.75) is 0 Å². The number of benzene rings is 4. The smallest absolute Gasteiger partial charge is 0.0346 e. The average molecular weight is 769 g/mol. The Morgan fingerprint density at radius 1 is 0.167 bits per heavy atom. The SMILES string of the molecule is c1cncc(-c2cccc(-c3cncc(-c4cc(-c5cncc(-c6cccc(-c7cccnc7)c6)c5)cc(-c5cncc(-c6cccc(-c7cccnc7)c6)c5)c4)c3)c2)c1. The molecule has 6 heterocycles. The van der Waals surface area contributed by atoms with Crippen LogP contribution in [-0.4, -0.2) is 29.9 Å². The van der Waals surface area contributed by atoms with E-state index in [1.165, 1.54) is 0 Å². The van der Waals surface area contributed by atoms with Crippen molar-refractivity contribution >= 4 is 0 Å². The molecule has 6 nitrogen and oxygen atoms in total. The molecule has 0 saturated heterocycles. The zero-order valence-electron chi connectivity index (χ0n) is 32.5. The molecule has 0 aliphatic heterocycles. The van der Waals surface area contributed by atoms with Gasteiger partial charge in [0.05, 0.1) is 0 Å². The second-order valence-corrected chi connectivity index (χ2v) is 14.7. The van der Waals surface area contributed by atoms with Crippen LogP contribution in [0.5, 0.6) is 0 Å². The lowest BCUT2D eigenvalue weighted by molar-refractivity contribution is 1.31. The lowest BCUT2D eigenvalue weighted by Gasteiger charge is -2.14. The van der Waals surface area contributed by atoms with Crippen LogP contribution in [0.25, 0.3) is 100 Å². The molecule has 6 aromatic heterocycles. The van der Waals surface area contributed by atoms with Crippen LogP contribution in [0.4, 0.5) is 0 Å². The monoisotopic (exact) mass is 768 g/mol. The summed E-state index contributed by atoms with van der Waals surface area (Å²) in [6, 6.07) is 51.0. The van der Waals surface area contributed by atoms with E-state index in [9.17, 15) is 0 Å². The van der Waals surface area contributed by atoms with Crippen LogP contribution in [0.2, 0.25) is 0 Å². The van der Waals surface area contributed by atoms with Crippen LogP contribution in [0.15, 0.2) is 220 Å². The van der Waals surface area contributed by atoms with Crippen LogP contribution in [0, 0.1) is 0 Å². The summed E-state index contributed by atoms with van der Waals surface area (Å²) in [6.45, 7) is 0. The van der Waals surface area contributed by atoms with Crippen molar-refractivity contribution in [3.8, 4) is 100 Å². The molecule has 10 rings (SSSR count). The minimum absolute atomic E-state index is 1.00. The minimum Gasteiger partial charge on any atom is -0.264 e. The standard InChI is InChI=1S/C54H36N6/c1-7-37(43-13-4-16-55-28-43)19-40(10-1)49-25-52(34-58-31-49)46-22-47(53-26-50(32-59-35-53)41-11-2-8-38(20-41)44-14-5-17-56-29-44)24-48(23-46)54-27-51(33-60-36-54)42-12-3-9-39(21-42)45-15-6-18-57-30-45/h1-36H. The molecule has 0 aliphatic rings. The summed E-state index contributed by atoms with van der Waals surface area (Å²) in [7, 11) is 0. The Kier molecular flexibility index (Phi) is 9.84. The molecular formula is C54H36N6. The summed E-state index contributed by atoms with van der Waals surface area (Å²) < 4.78 is 0. The summed E-state index contributed by atoms with van der Waals surface area (Å²) in [4.78, 5) is 27.3. The number of hydrogen-bond acceptors (Lipinski definition) is 6. The first kappa shape index (κ1) is 36.1. The lowest BCUT2D eigenvalue weighted by Crippen LogP contribution is -1.91. The largest absolute Gasteiger partial charge is 0.264 e. The van der Waals surface area contributed by atoms with Gasteiger partial charge in [0, 0.05) is 124 Å². The maximum Gasteiger partial charge on any atom is 0.0346 e. The van der Waals surface area contributed by atoms with Crippen molar-refractivity contribution in [2.75, 3.05) is 0 Å². The molecule has 10 aromatic rings. The normalized spacial score (nSPS) is 11.0. The Hall–Kier alpha value is -8.22. The molecule has 4 aromatic carbocycles. The Bertz CT molecular complexity index is 2750. The Morgan fingerprint density at radius 3 is 0.633 bits per heavy atom. The van der Waals surface area contributed by atoms with Crippen molar-refractivity contribution in [3.05, 3.63) is 220 Å².